The number of hydrogen-bond acceptors (Lipinski definition) is 3. The standard InChI is InChI=1S/C23H16F7N3O2S/c1-14-21(31-20-12-16(22(25,26)27)9-10-32(14)20)33(36(34,35)17-5-3-2-4-6-17)13-15-7-8-18(19(24)11-15)23(28,29)30/h2-12H,13H2,1H3. The van der Waals surface area contributed by atoms with Crippen LogP contribution >= 0.6 is 0 Å². The molecule has 0 aliphatic carbocycles. The minimum atomic E-state index is -4.95. The summed E-state index contributed by atoms with van der Waals surface area (Å²) < 4.78 is 122. The van der Waals surface area contributed by atoms with Crippen molar-refractivity contribution in [1.29, 1.82) is 0 Å². The van der Waals surface area contributed by atoms with Gasteiger partial charge in [-0.05, 0) is 48.9 Å². The quantitative estimate of drug-likeness (QED) is 0.288. The third-order valence-corrected chi connectivity index (χ3v) is 7.15. The summed E-state index contributed by atoms with van der Waals surface area (Å²) in [5, 5.41) is 0. The number of anilines is 1. The molecule has 0 saturated carbocycles. The Kier molecular flexibility index (Phi) is 6.23. The number of aryl methyl sites for hydroxylation is 1. The van der Waals surface area contributed by atoms with E-state index in [-0.39, 0.29) is 27.6 Å². The SMILES string of the molecule is Cc1c(N(Cc2ccc(C(F)(F)F)c(F)c2)S(=O)(=O)c2ccccc2)nc2cc(C(F)(F)F)ccn12. The third-order valence-electron chi connectivity index (χ3n) is 5.40. The number of hydrogen-bond donors (Lipinski definition) is 0. The Hall–Kier alpha value is -3.61. The van der Waals surface area contributed by atoms with Gasteiger partial charge < -0.3 is 4.40 Å². The Balaban J connectivity index is 1.87. The van der Waals surface area contributed by atoms with Crippen LogP contribution in [0.15, 0.2) is 71.8 Å². The molecule has 190 valence electrons. The summed E-state index contributed by atoms with van der Waals surface area (Å²) >= 11 is 0. The van der Waals surface area contributed by atoms with E-state index >= 15 is 0 Å². The Labute approximate surface area is 200 Å². The zero-order chi connectivity index (χ0) is 26.5. The van der Waals surface area contributed by atoms with Crippen LogP contribution in [0.2, 0.25) is 0 Å². The Morgan fingerprint density at radius 2 is 1.58 bits per heavy atom. The van der Waals surface area contributed by atoms with Crippen LogP contribution in [0, 0.1) is 12.7 Å². The van der Waals surface area contributed by atoms with Gasteiger partial charge in [-0.2, -0.15) is 26.3 Å². The van der Waals surface area contributed by atoms with Gasteiger partial charge in [0, 0.05) is 6.20 Å². The first-order valence-corrected chi connectivity index (χ1v) is 11.6. The fourth-order valence-electron chi connectivity index (χ4n) is 3.61. The first kappa shape index (κ1) is 25.5. The van der Waals surface area contributed by atoms with Crippen LogP contribution < -0.4 is 4.31 Å². The third kappa shape index (κ3) is 4.74. The molecule has 0 radical (unpaired) electrons. The molecule has 0 atom stereocenters. The normalized spacial score (nSPS) is 12.8. The molecular formula is C23H16F7N3O2S. The van der Waals surface area contributed by atoms with Gasteiger partial charge in [-0.3, -0.25) is 0 Å². The van der Waals surface area contributed by atoms with E-state index in [0.29, 0.717) is 12.1 Å². The molecule has 4 rings (SSSR count). The maximum Gasteiger partial charge on any atom is 0.419 e. The molecule has 2 heterocycles. The van der Waals surface area contributed by atoms with Gasteiger partial charge in [0.1, 0.15) is 11.5 Å². The number of benzene rings is 2. The number of sulfonamides is 1. The Bertz CT molecular complexity index is 1530. The van der Waals surface area contributed by atoms with Crippen molar-refractivity contribution < 1.29 is 39.2 Å². The van der Waals surface area contributed by atoms with Crippen LogP contribution in [0.4, 0.5) is 36.6 Å². The summed E-state index contributed by atoms with van der Waals surface area (Å²) in [5.74, 6) is -1.86. The van der Waals surface area contributed by atoms with E-state index in [1.165, 1.54) is 35.6 Å². The summed E-state index contributed by atoms with van der Waals surface area (Å²) in [6, 6.07) is 10.5. The highest BCUT2D eigenvalue weighted by atomic mass is 32.2. The first-order valence-electron chi connectivity index (χ1n) is 10.2. The highest BCUT2D eigenvalue weighted by Crippen LogP contribution is 2.35. The van der Waals surface area contributed by atoms with Crippen LogP contribution in [0.3, 0.4) is 0 Å². The largest absolute Gasteiger partial charge is 0.419 e. The number of imidazole rings is 1. The topological polar surface area (TPSA) is 54.7 Å². The lowest BCUT2D eigenvalue weighted by Gasteiger charge is -2.23. The van der Waals surface area contributed by atoms with E-state index in [1.54, 1.807) is 6.07 Å². The molecule has 13 heteroatoms. The number of halogens is 7. The van der Waals surface area contributed by atoms with Crippen molar-refractivity contribution in [2.45, 2.75) is 30.7 Å². The molecule has 5 nitrogen and oxygen atoms in total. The van der Waals surface area contributed by atoms with Crippen LogP contribution in [0.25, 0.3) is 5.65 Å². The molecule has 0 spiro atoms. The van der Waals surface area contributed by atoms with Gasteiger partial charge in [-0.1, -0.05) is 24.3 Å². The van der Waals surface area contributed by atoms with E-state index in [0.717, 1.165) is 28.7 Å². The number of alkyl halides is 6. The zero-order valence-corrected chi connectivity index (χ0v) is 19.1. The number of fused-ring (bicyclic) bond motifs is 1. The van der Waals surface area contributed by atoms with Gasteiger partial charge in [-0.15, -0.1) is 0 Å². The summed E-state index contributed by atoms with van der Waals surface area (Å²) in [5.41, 5.74) is -2.72. The molecule has 0 amide bonds. The van der Waals surface area contributed by atoms with Gasteiger partial charge in [0.25, 0.3) is 10.0 Å². The lowest BCUT2D eigenvalue weighted by atomic mass is 10.1. The van der Waals surface area contributed by atoms with Crippen molar-refractivity contribution in [3.63, 3.8) is 0 Å². The Morgan fingerprint density at radius 3 is 2.17 bits per heavy atom. The maximum absolute atomic E-state index is 14.2. The lowest BCUT2D eigenvalue weighted by molar-refractivity contribution is -0.140. The molecular weight excluding hydrogens is 515 g/mol. The smallest absolute Gasteiger partial charge is 0.302 e. The molecule has 2 aromatic heterocycles. The van der Waals surface area contributed by atoms with E-state index in [1.807, 2.05) is 0 Å². The van der Waals surface area contributed by atoms with E-state index in [2.05, 4.69) is 4.98 Å². The first-order chi connectivity index (χ1) is 16.7. The van der Waals surface area contributed by atoms with Gasteiger partial charge in [0.2, 0.25) is 0 Å². The molecule has 0 unspecified atom stereocenters. The van der Waals surface area contributed by atoms with Gasteiger partial charge >= 0.3 is 12.4 Å². The molecule has 0 saturated heterocycles. The second kappa shape index (κ2) is 8.80. The van der Waals surface area contributed by atoms with Crippen LogP contribution in [-0.4, -0.2) is 17.8 Å². The molecule has 0 bridgehead atoms. The highest BCUT2D eigenvalue weighted by molar-refractivity contribution is 7.92. The molecule has 0 N–H and O–H groups in total. The number of pyridine rings is 1. The summed E-state index contributed by atoms with van der Waals surface area (Å²) in [4.78, 5) is 3.89. The molecule has 0 aliphatic rings. The van der Waals surface area contributed by atoms with Crippen molar-refractivity contribution in [1.82, 2.24) is 9.38 Å². The van der Waals surface area contributed by atoms with Crippen molar-refractivity contribution in [3.8, 4) is 0 Å². The lowest BCUT2D eigenvalue weighted by Crippen LogP contribution is -2.31. The minimum Gasteiger partial charge on any atom is -0.302 e. The number of rotatable bonds is 5. The minimum absolute atomic E-state index is 0.132. The van der Waals surface area contributed by atoms with E-state index < -0.39 is 45.9 Å². The summed E-state index contributed by atoms with van der Waals surface area (Å²) in [6.45, 7) is 0.784. The van der Waals surface area contributed by atoms with Gasteiger partial charge in [-0.25, -0.2) is 22.1 Å². The predicted molar refractivity (Wildman–Crippen MR) is 116 cm³/mol. The van der Waals surface area contributed by atoms with Crippen molar-refractivity contribution in [2.75, 3.05) is 4.31 Å². The molecule has 2 aromatic carbocycles. The van der Waals surface area contributed by atoms with Crippen molar-refractivity contribution in [2.24, 2.45) is 0 Å². The van der Waals surface area contributed by atoms with Crippen molar-refractivity contribution >= 4 is 21.5 Å². The zero-order valence-electron chi connectivity index (χ0n) is 18.3. The van der Waals surface area contributed by atoms with Crippen molar-refractivity contribution in [3.05, 3.63) is 95.1 Å². The maximum atomic E-state index is 14.2. The highest BCUT2D eigenvalue weighted by Gasteiger charge is 2.35. The van der Waals surface area contributed by atoms with Crippen LogP contribution in [-0.2, 0) is 28.9 Å². The molecule has 4 aromatic rings. The molecule has 0 fully saturated rings. The van der Waals surface area contributed by atoms with Gasteiger partial charge in [0.05, 0.1) is 28.3 Å². The molecule has 36 heavy (non-hydrogen) atoms. The van der Waals surface area contributed by atoms with E-state index in [9.17, 15) is 39.2 Å². The fourth-order valence-corrected chi connectivity index (χ4v) is 5.09. The summed E-state index contributed by atoms with van der Waals surface area (Å²) in [7, 11) is -4.42. The average Bonchev–Trinajstić information content (AvgIpc) is 3.12. The second-order valence-electron chi connectivity index (χ2n) is 7.80. The average molecular weight is 531 g/mol. The number of aromatic nitrogens is 2. The van der Waals surface area contributed by atoms with Crippen LogP contribution in [0.1, 0.15) is 22.4 Å². The Morgan fingerprint density at radius 1 is 0.917 bits per heavy atom. The predicted octanol–water partition coefficient (Wildman–Crippen LogP) is 6.21. The summed E-state index contributed by atoms with van der Waals surface area (Å²) in [6.07, 6.45) is -8.54. The molecule has 0 aliphatic heterocycles. The number of nitrogens with zero attached hydrogens (tertiary/aromatic N) is 3. The monoisotopic (exact) mass is 531 g/mol. The van der Waals surface area contributed by atoms with Gasteiger partial charge in [0.15, 0.2) is 5.82 Å². The fraction of sp³-hybridized carbons (Fsp3) is 0.174. The van der Waals surface area contributed by atoms with E-state index in [4.69, 9.17) is 0 Å². The second-order valence-corrected chi connectivity index (χ2v) is 9.66. The van der Waals surface area contributed by atoms with Crippen LogP contribution in [0.5, 0.6) is 0 Å².